The highest BCUT2D eigenvalue weighted by atomic mass is 19.4. The molecule has 0 spiro atoms. The minimum Gasteiger partial charge on any atom is -0.349 e. The minimum atomic E-state index is -4.41. The number of amides is 1. The van der Waals surface area contributed by atoms with Crippen molar-refractivity contribution in [1.29, 1.82) is 0 Å². The first-order chi connectivity index (χ1) is 15.9. The molecule has 1 saturated carbocycles. The second-order valence-corrected chi connectivity index (χ2v) is 7.99. The van der Waals surface area contributed by atoms with E-state index in [1.54, 1.807) is 24.5 Å². The van der Waals surface area contributed by atoms with Gasteiger partial charge in [0.05, 0.1) is 11.1 Å². The van der Waals surface area contributed by atoms with Crippen LogP contribution in [0.25, 0.3) is 6.08 Å². The van der Waals surface area contributed by atoms with Gasteiger partial charge in [0.15, 0.2) is 0 Å². The fourth-order valence-electron chi connectivity index (χ4n) is 3.84. The fraction of sp³-hybridized carbons (Fsp3) is 0.240. The van der Waals surface area contributed by atoms with E-state index in [0.717, 1.165) is 49.2 Å². The lowest BCUT2D eigenvalue weighted by atomic mass is 9.89. The molecule has 0 aliphatic heterocycles. The van der Waals surface area contributed by atoms with E-state index in [4.69, 9.17) is 0 Å². The number of nitrogens with one attached hydrogen (secondary N) is 2. The zero-order chi connectivity index (χ0) is 23.3. The molecular weight excluding hydrogens is 429 g/mol. The molecule has 2 aromatic heterocycles. The molecule has 0 radical (unpaired) electrons. The molecule has 1 unspecified atom stereocenters. The lowest BCUT2D eigenvalue weighted by molar-refractivity contribution is -0.137. The van der Waals surface area contributed by atoms with Crippen molar-refractivity contribution in [3.05, 3.63) is 89.4 Å². The predicted octanol–water partition coefficient (Wildman–Crippen LogP) is 6.00. The van der Waals surface area contributed by atoms with Crippen LogP contribution in [0, 0.1) is 0 Å². The van der Waals surface area contributed by atoms with Crippen LogP contribution in [-0.4, -0.2) is 21.9 Å². The summed E-state index contributed by atoms with van der Waals surface area (Å²) >= 11 is 0. The average molecular weight is 452 g/mol. The molecular formula is C25H23F3N4O. The van der Waals surface area contributed by atoms with E-state index in [9.17, 15) is 18.0 Å². The number of benzene rings is 1. The number of hydrogen-bond acceptors (Lipinski definition) is 4. The van der Waals surface area contributed by atoms with Gasteiger partial charge in [0.2, 0.25) is 0 Å². The van der Waals surface area contributed by atoms with Gasteiger partial charge in [0, 0.05) is 30.3 Å². The highest BCUT2D eigenvalue weighted by molar-refractivity contribution is 5.94. The molecule has 0 bridgehead atoms. The van der Waals surface area contributed by atoms with Gasteiger partial charge >= 0.3 is 6.18 Å². The molecule has 3 aromatic rings. The number of nitrogens with zero attached hydrogens (tertiary/aromatic N) is 2. The summed E-state index contributed by atoms with van der Waals surface area (Å²) in [5.74, 6) is 0.216. The van der Waals surface area contributed by atoms with Gasteiger partial charge in [-0.2, -0.15) is 13.2 Å². The van der Waals surface area contributed by atoms with Crippen molar-refractivity contribution < 1.29 is 18.0 Å². The Hall–Kier alpha value is -3.68. The van der Waals surface area contributed by atoms with Crippen molar-refractivity contribution in [1.82, 2.24) is 15.3 Å². The van der Waals surface area contributed by atoms with Crippen molar-refractivity contribution in [2.24, 2.45) is 0 Å². The highest BCUT2D eigenvalue weighted by Gasteiger charge is 2.30. The molecule has 0 saturated heterocycles. The normalized spacial score (nSPS) is 17.5. The van der Waals surface area contributed by atoms with Crippen molar-refractivity contribution in [2.45, 2.75) is 37.9 Å². The van der Waals surface area contributed by atoms with Crippen LogP contribution in [-0.2, 0) is 6.18 Å². The zero-order valence-corrected chi connectivity index (χ0v) is 17.8. The predicted molar refractivity (Wildman–Crippen MR) is 121 cm³/mol. The van der Waals surface area contributed by atoms with Crippen LogP contribution in [0.4, 0.5) is 24.7 Å². The number of carbonyl (C=O) groups excluding carboxylic acids is 1. The SMILES string of the molecule is O=C(NC1CCCC(=Cc2cccc(Nc3ccc(C(F)(F)F)cn3)c2)C1)c1cccnc1. The summed E-state index contributed by atoms with van der Waals surface area (Å²) < 4.78 is 38.1. The summed E-state index contributed by atoms with van der Waals surface area (Å²) in [6, 6.07) is 13.5. The molecule has 2 heterocycles. The van der Waals surface area contributed by atoms with Gasteiger partial charge in [0.1, 0.15) is 5.82 Å². The Morgan fingerprint density at radius 2 is 1.97 bits per heavy atom. The van der Waals surface area contributed by atoms with Gasteiger partial charge in [-0.1, -0.05) is 23.8 Å². The second kappa shape index (κ2) is 9.85. The van der Waals surface area contributed by atoms with Crippen LogP contribution in [0.5, 0.6) is 0 Å². The molecule has 8 heteroatoms. The van der Waals surface area contributed by atoms with Crippen LogP contribution < -0.4 is 10.6 Å². The summed E-state index contributed by atoms with van der Waals surface area (Å²) in [6.45, 7) is 0. The van der Waals surface area contributed by atoms with Crippen LogP contribution >= 0.6 is 0 Å². The molecule has 4 rings (SSSR count). The maximum absolute atomic E-state index is 12.7. The quantitative estimate of drug-likeness (QED) is 0.499. The number of carbonyl (C=O) groups is 1. The Labute approximate surface area is 189 Å². The maximum Gasteiger partial charge on any atom is 0.417 e. The topological polar surface area (TPSA) is 66.9 Å². The van der Waals surface area contributed by atoms with Crippen LogP contribution in [0.15, 0.2) is 72.7 Å². The van der Waals surface area contributed by atoms with Gasteiger partial charge in [-0.25, -0.2) is 4.98 Å². The Kier molecular flexibility index (Phi) is 6.72. The van der Waals surface area contributed by atoms with E-state index in [2.05, 4.69) is 26.7 Å². The lowest BCUT2D eigenvalue weighted by Crippen LogP contribution is -2.36. The van der Waals surface area contributed by atoms with Gasteiger partial charge in [-0.3, -0.25) is 9.78 Å². The molecule has 1 aliphatic carbocycles. The first-order valence-electron chi connectivity index (χ1n) is 10.7. The summed E-state index contributed by atoms with van der Waals surface area (Å²) in [7, 11) is 0. The second-order valence-electron chi connectivity index (χ2n) is 7.99. The number of halogens is 3. The third-order valence-corrected chi connectivity index (χ3v) is 5.44. The van der Waals surface area contributed by atoms with Gasteiger partial charge in [0.25, 0.3) is 5.91 Å². The summed E-state index contributed by atoms with van der Waals surface area (Å²) in [5, 5.41) is 6.13. The van der Waals surface area contributed by atoms with E-state index in [1.807, 2.05) is 24.3 Å². The van der Waals surface area contributed by atoms with Gasteiger partial charge in [-0.15, -0.1) is 0 Å². The number of rotatable bonds is 5. The lowest BCUT2D eigenvalue weighted by Gasteiger charge is -2.25. The van der Waals surface area contributed by atoms with E-state index in [-0.39, 0.29) is 11.9 Å². The number of aromatic nitrogens is 2. The average Bonchev–Trinajstić information content (AvgIpc) is 2.80. The number of hydrogen-bond donors (Lipinski definition) is 2. The Morgan fingerprint density at radius 3 is 2.70 bits per heavy atom. The smallest absolute Gasteiger partial charge is 0.349 e. The van der Waals surface area contributed by atoms with Crippen LogP contribution in [0.1, 0.15) is 47.2 Å². The summed E-state index contributed by atoms with van der Waals surface area (Å²) in [4.78, 5) is 20.3. The summed E-state index contributed by atoms with van der Waals surface area (Å²) in [5.41, 5.74) is 2.70. The Balaban J connectivity index is 1.40. The number of alkyl halides is 3. The molecule has 5 nitrogen and oxygen atoms in total. The Bertz CT molecular complexity index is 1130. The van der Waals surface area contributed by atoms with Gasteiger partial charge < -0.3 is 10.6 Å². The van der Waals surface area contributed by atoms with E-state index < -0.39 is 11.7 Å². The maximum atomic E-state index is 12.7. The molecule has 2 N–H and O–H groups in total. The first-order valence-corrected chi connectivity index (χ1v) is 10.7. The first kappa shape index (κ1) is 22.5. The molecule has 170 valence electrons. The van der Waals surface area contributed by atoms with E-state index in [0.29, 0.717) is 11.4 Å². The van der Waals surface area contributed by atoms with Crippen molar-refractivity contribution in [2.75, 3.05) is 5.32 Å². The molecule has 1 fully saturated rings. The minimum absolute atomic E-state index is 0.0651. The van der Waals surface area contributed by atoms with E-state index >= 15 is 0 Å². The fourth-order valence-corrected chi connectivity index (χ4v) is 3.84. The number of anilines is 2. The van der Waals surface area contributed by atoms with Crippen LogP contribution in [0.3, 0.4) is 0 Å². The number of pyridine rings is 2. The van der Waals surface area contributed by atoms with E-state index in [1.165, 1.54) is 11.6 Å². The third-order valence-electron chi connectivity index (χ3n) is 5.44. The van der Waals surface area contributed by atoms with Gasteiger partial charge in [-0.05, 0) is 67.6 Å². The molecule has 1 aromatic carbocycles. The zero-order valence-electron chi connectivity index (χ0n) is 17.8. The molecule has 1 atom stereocenters. The summed E-state index contributed by atoms with van der Waals surface area (Å²) in [6.07, 6.45) is 5.33. The monoisotopic (exact) mass is 452 g/mol. The standard InChI is InChI=1S/C25H23F3N4O/c26-25(27,28)20-9-10-23(30-16-20)31-21-7-1-4-17(13-21)12-18-5-2-8-22(14-18)32-24(33)19-6-3-11-29-15-19/h1,3-4,6-7,9-13,15-16,22H,2,5,8,14H2,(H,30,31)(H,32,33). The highest BCUT2D eigenvalue weighted by Crippen LogP contribution is 2.30. The largest absolute Gasteiger partial charge is 0.417 e. The van der Waals surface area contributed by atoms with Crippen molar-refractivity contribution >= 4 is 23.5 Å². The van der Waals surface area contributed by atoms with Crippen LogP contribution in [0.2, 0.25) is 0 Å². The third kappa shape index (κ3) is 6.19. The molecule has 1 aliphatic rings. The van der Waals surface area contributed by atoms with Crippen molar-refractivity contribution in [3.63, 3.8) is 0 Å². The molecule has 33 heavy (non-hydrogen) atoms. The van der Waals surface area contributed by atoms with Crippen molar-refractivity contribution in [3.8, 4) is 0 Å². The molecule has 1 amide bonds. The Morgan fingerprint density at radius 1 is 1.09 bits per heavy atom.